The van der Waals surface area contributed by atoms with Gasteiger partial charge in [0.1, 0.15) is 17.2 Å². The molecule has 2 N–H and O–H groups in total. The monoisotopic (exact) mass is 762 g/mol. The number of carboxylic acid groups (broad SMARTS) is 1. The van der Waals surface area contributed by atoms with Gasteiger partial charge in [0.2, 0.25) is 5.91 Å². The van der Waals surface area contributed by atoms with Crippen molar-refractivity contribution in [3.63, 3.8) is 0 Å². The number of aliphatic carboxylic acids is 1. The van der Waals surface area contributed by atoms with E-state index in [4.69, 9.17) is 9.47 Å². The van der Waals surface area contributed by atoms with Gasteiger partial charge in [-0.2, -0.15) is 0 Å². The van der Waals surface area contributed by atoms with E-state index in [1.165, 1.54) is 9.80 Å². The Morgan fingerprint density at radius 2 is 1.29 bits per heavy atom. The van der Waals surface area contributed by atoms with Crippen LogP contribution in [0.15, 0.2) is 103 Å². The number of amides is 3. The first-order valence-corrected chi connectivity index (χ1v) is 19.0. The van der Waals surface area contributed by atoms with E-state index >= 15 is 0 Å². The molecule has 56 heavy (non-hydrogen) atoms. The third-order valence-electron chi connectivity index (χ3n) is 9.36. The van der Waals surface area contributed by atoms with Crippen LogP contribution in [-0.4, -0.2) is 92.3 Å². The molecule has 0 radical (unpaired) electrons. The quantitative estimate of drug-likeness (QED) is 0.116. The number of hydrogen-bond donors (Lipinski definition) is 2. The number of fused-ring (bicyclic) bond motifs is 2. The Kier molecular flexibility index (Phi) is 13.1. The molecule has 1 heterocycles. The van der Waals surface area contributed by atoms with Crippen LogP contribution in [0.1, 0.15) is 64.7 Å². The second kappa shape index (κ2) is 17.7. The van der Waals surface area contributed by atoms with E-state index in [1.54, 1.807) is 53.5 Å². The lowest BCUT2D eigenvalue weighted by atomic mass is 9.99. The molecule has 3 amide bonds. The van der Waals surface area contributed by atoms with Gasteiger partial charge in [0, 0.05) is 56.2 Å². The molecule has 0 aliphatic heterocycles. The maximum atomic E-state index is 14.7. The van der Waals surface area contributed by atoms with Crippen molar-refractivity contribution in [3.05, 3.63) is 120 Å². The Morgan fingerprint density at radius 1 is 0.696 bits per heavy atom. The van der Waals surface area contributed by atoms with E-state index in [0.717, 1.165) is 38.4 Å². The number of rotatable bonds is 14. The Balaban J connectivity index is 1.56. The molecule has 0 saturated carbocycles. The lowest BCUT2D eigenvalue weighted by molar-refractivity contribution is -0.138. The summed E-state index contributed by atoms with van der Waals surface area (Å²) >= 11 is 0. The van der Waals surface area contributed by atoms with Crippen molar-refractivity contribution in [2.24, 2.45) is 0 Å². The largest absolute Gasteiger partial charge is 0.481 e. The molecule has 0 spiro atoms. The van der Waals surface area contributed by atoms with Gasteiger partial charge >= 0.3 is 18.2 Å². The Hall–Kier alpha value is -5.84. The van der Waals surface area contributed by atoms with Gasteiger partial charge in [-0.05, 0) is 81.5 Å². The zero-order valence-corrected chi connectivity index (χ0v) is 33.5. The molecule has 1 aromatic heterocycles. The van der Waals surface area contributed by atoms with Crippen LogP contribution in [0.25, 0.3) is 21.7 Å². The number of likely N-dealkylation sites (N-methyl/N-ethyl adjacent to an activating group) is 1. The predicted octanol–water partition coefficient (Wildman–Crippen LogP) is 8.45. The van der Waals surface area contributed by atoms with Crippen molar-refractivity contribution in [1.82, 2.24) is 19.7 Å². The fourth-order valence-electron chi connectivity index (χ4n) is 6.81. The second-order valence-corrected chi connectivity index (χ2v) is 16.2. The first kappa shape index (κ1) is 41.3. The van der Waals surface area contributed by atoms with Crippen LogP contribution in [0.3, 0.4) is 0 Å². The Morgan fingerprint density at radius 3 is 1.95 bits per heavy atom. The van der Waals surface area contributed by atoms with Crippen LogP contribution in [0.5, 0.6) is 0 Å². The van der Waals surface area contributed by atoms with E-state index in [1.807, 2.05) is 103 Å². The van der Waals surface area contributed by atoms with Crippen molar-refractivity contribution in [1.29, 1.82) is 0 Å². The number of carboxylic acids is 1. The van der Waals surface area contributed by atoms with Crippen LogP contribution in [0, 0.1) is 0 Å². The van der Waals surface area contributed by atoms with E-state index in [2.05, 4.69) is 4.98 Å². The molecule has 0 bridgehead atoms. The Bertz CT molecular complexity index is 2130. The molecule has 5 aromatic rings. The molecule has 0 fully saturated rings. The van der Waals surface area contributed by atoms with Gasteiger partial charge in [0.15, 0.2) is 0 Å². The number of para-hydroxylation sites is 1. The van der Waals surface area contributed by atoms with Gasteiger partial charge in [-0.15, -0.1) is 0 Å². The fraction of sp³-hybridized carbons (Fsp3) is 0.378. The molecular weight excluding hydrogens is 709 g/mol. The molecule has 0 unspecified atom stereocenters. The highest BCUT2D eigenvalue weighted by Gasteiger charge is 2.37. The number of aromatic amines is 1. The molecule has 0 saturated heterocycles. The minimum atomic E-state index is -1.10. The summed E-state index contributed by atoms with van der Waals surface area (Å²) in [6.45, 7) is 10.5. The number of carbonyl (C=O) groups excluding carboxylic acids is 3. The normalized spacial score (nSPS) is 12.8. The highest BCUT2D eigenvalue weighted by atomic mass is 16.6. The van der Waals surface area contributed by atoms with Gasteiger partial charge in [-0.25, -0.2) is 9.59 Å². The van der Waals surface area contributed by atoms with E-state index in [9.17, 15) is 24.3 Å². The zero-order chi connectivity index (χ0) is 40.6. The van der Waals surface area contributed by atoms with E-state index < -0.39 is 41.4 Å². The fourth-order valence-corrected chi connectivity index (χ4v) is 6.81. The zero-order valence-electron chi connectivity index (χ0n) is 33.5. The number of carbonyl (C=O) groups is 4. The van der Waals surface area contributed by atoms with Crippen LogP contribution in [-0.2, 0) is 38.4 Å². The molecule has 5 rings (SSSR count). The number of nitrogens with zero attached hydrogens (tertiary/aromatic N) is 3. The lowest BCUT2D eigenvalue weighted by Crippen LogP contribution is -2.55. The summed E-state index contributed by atoms with van der Waals surface area (Å²) in [6, 6.07) is 29.2. The average Bonchev–Trinajstić information content (AvgIpc) is 3.53. The number of hydrogen-bond acceptors (Lipinski definition) is 6. The van der Waals surface area contributed by atoms with E-state index in [0.29, 0.717) is 6.54 Å². The summed E-state index contributed by atoms with van der Waals surface area (Å²) in [7, 11) is 1.70. The summed E-state index contributed by atoms with van der Waals surface area (Å²) < 4.78 is 11.8. The minimum Gasteiger partial charge on any atom is -0.481 e. The molecular formula is C45H54N4O7. The minimum absolute atomic E-state index is 0.141. The first-order chi connectivity index (χ1) is 26.5. The smallest absolute Gasteiger partial charge is 0.411 e. The topological polar surface area (TPSA) is 132 Å². The third kappa shape index (κ3) is 11.3. The summed E-state index contributed by atoms with van der Waals surface area (Å²) in [6.07, 6.45) is 0.320. The highest BCUT2D eigenvalue weighted by molar-refractivity contribution is 5.87. The van der Waals surface area contributed by atoms with Gasteiger partial charge in [-0.1, -0.05) is 91.0 Å². The standard InChI is InChI=1S/C45H54N4O7/c1-44(2,3)55-42(53)48(36(28-40(50)51)27-35-29-46-38-20-14-13-19-37(35)38)23-24-49(43(54)56-45(4,5)6)39(41(52)47(7)30-31-15-9-8-10-16-31)26-32-21-22-33-17-11-12-18-34(33)25-32/h8-22,25,29,36,39,46H,23-24,26-28,30H2,1-7H3,(H,50,51)/t36-,39-/m0/s1. The summed E-state index contributed by atoms with van der Waals surface area (Å²) in [5.41, 5.74) is 1.65. The number of H-pyrrole nitrogens is 1. The lowest BCUT2D eigenvalue weighted by Gasteiger charge is -2.38. The molecule has 4 aromatic carbocycles. The molecule has 2 atom stereocenters. The molecule has 11 heteroatoms. The van der Waals surface area contributed by atoms with Gasteiger partial charge in [0.05, 0.1) is 6.42 Å². The van der Waals surface area contributed by atoms with Crippen molar-refractivity contribution in [2.75, 3.05) is 20.1 Å². The molecule has 11 nitrogen and oxygen atoms in total. The van der Waals surface area contributed by atoms with Crippen molar-refractivity contribution in [3.8, 4) is 0 Å². The average molecular weight is 763 g/mol. The van der Waals surface area contributed by atoms with Crippen molar-refractivity contribution in [2.45, 2.75) is 90.6 Å². The number of nitrogens with one attached hydrogen (secondary N) is 1. The van der Waals surface area contributed by atoms with Crippen molar-refractivity contribution >= 4 is 45.7 Å². The maximum Gasteiger partial charge on any atom is 0.411 e. The van der Waals surface area contributed by atoms with E-state index in [-0.39, 0.29) is 38.3 Å². The van der Waals surface area contributed by atoms with Gasteiger partial charge in [-0.3, -0.25) is 14.5 Å². The molecule has 296 valence electrons. The highest BCUT2D eigenvalue weighted by Crippen LogP contribution is 2.25. The van der Waals surface area contributed by atoms with Crippen molar-refractivity contribution < 1.29 is 33.8 Å². The van der Waals surface area contributed by atoms with Crippen LogP contribution < -0.4 is 0 Å². The summed E-state index contributed by atoms with van der Waals surface area (Å²) in [4.78, 5) is 63.2. The number of benzene rings is 4. The van der Waals surface area contributed by atoms with Gasteiger partial charge in [0.25, 0.3) is 0 Å². The maximum absolute atomic E-state index is 14.7. The first-order valence-electron chi connectivity index (χ1n) is 19.0. The second-order valence-electron chi connectivity index (χ2n) is 16.2. The Labute approximate surface area is 329 Å². The SMILES string of the molecule is CN(Cc1ccccc1)C(=O)[C@H](Cc1ccc2ccccc2c1)N(CCN(C(=O)OC(C)(C)C)[C@H](CC(=O)O)Cc1c[nH]c2ccccc12)C(=O)OC(C)(C)C. The van der Waals surface area contributed by atoms with Crippen LogP contribution in [0.2, 0.25) is 0 Å². The summed E-state index contributed by atoms with van der Waals surface area (Å²) in [5, 5.41) is 13.1. The summed E-state index contributed by atoms with van der Waals surface area (Å²) in [5.74, 6) is -1.42. The van der Waals surface area contributed by atoms with Crippen LogP contribution >= 0.6 is 0 Å². The molecule has 0 aliphatic carbocycles. The number of aromatic nitrogens is 1. The molecule has 0 aliphatic rings. The van der Waals surface area contributed by atoms with Gasteiger partial charge < -0.3 is 29.4 Å². The third-order valence-corrected chi connectivity index (χ3v) is 9.36. The number of ether oxygens (including phenoxy) is 2. The van der Waals surface area contributed by atoms with Crippen LogP contribution in [0.4, 0.5) is 9.59 Å². The predicted molar refractivity (Wildman–Crippen MR) is 218 cm³/mol.